The molecule has 0 spiro atoms. The van der Waals surface area contributed by atoms with Gasteiger partial charge in [0.25, 0.3) is 11.8 Å². The Kier molecular flexibility index (Phi) is 13.7. The Bertz CT molecular complexity index is 914. The smallest absolute Gasteiger partial charge is 0.253 e. The molecule has 0 saturated heterocycles. The number of alkyl halides is 4. The van der Waals surface area contributed by atoms with E-state index in [0.29, 0.717) is 60.8 Å². The standard InChI is InChI=1S/C28H34Cl4N2O2/c1-3-25(21-5-9-23(10-6-21)27(35)33(17-13-29)18-14-30)26(4-2)22-7-11-24(12-8-22)28(36)34(19-15-31)20-16-32/h5-12H,3-4,13-20H2,1-2H3/b26-25+. The minimum Gasteiger partial charge on any atom is -0.336 e. The van der Waals surface area contributed by atoms with Crippen LogP contribution in [0.15, 0.2) is 48.5 Å². The lowest BCUT2D eigenvalue weighted by Gasteiger charge is -2.21. The van der Waals surface area contributed by atoms with E-state index in [-0.39, 0.29) is 11.8 Å². The Morgan fingerprint density at radius 1 is 0.528 bits per heavy atom. The van der Waals surface area contributed by atoms with E-state index >= 15 is 0 Å². The van der Waals surface area contributed by atoms with Crippen molar-refractivity contribution >= 4 is 69.4 Å². The molecule has 2 amide bonds. The zero-order valence-corrected chi connectivity index (χ0v) is 23.9. The molecule has 0 aromatic heterocycles. The van der Waals surface area contributed by atoms with Crippen molar-refractivity contribution in [2.75, 3.05) is 49.7 Å². The average molecular weight is 572 g/mol. The van der Waals surface area contributed by atoms with Crippen molar-refractivity contribution < 1.29 is 9.59 Å². The first-order valence-corrected chi connectivity index (χ1v) is 14.3. The first-order chi connectivity index (χ1) is 17.4. The topological polar surface area (TPSA) is 40.6 Å². The van der Waals surface area contributed by atoms with Crippen LogP contribution in [-0.4, -0.2) is 71.3 Å². The summed E-state index contributed by atoms with van der Waals surface area (Å²) in [7, 11) is 0. The fourth-order valence-corrected chi connectivity index (χ4v) is 5.03. The zero-order chi connectivity index (χ0) is 26.5. The molecule has 0 aliphatic carbocycles. The highest BCUT2D eigenvalue weighted by Crippen LogP contribution is 2.32. The largest absolute Gasteiger partial charge is 0.336 e. The van der Waals surface area contributed by atoms with Crippen LogP contribution >= 0.6 is 46.4 Å². The zero-order valence-electron chi connectivity index (χ0n) is 20.9. The SMILES string of the molecule is CC/C(=C(/CC)c1ccc(C(=O)N(CCCl)CCCl)cc1)c1ccc(C(=O)N(CCCl)CCCl)cc1. The molecule has 0 N–H and O–H groups in total. The lowest BCUT2D eigenvalue weighted by molar-refractivity contribution is 0.0767. The third-order valence-electron chi connectivity index (χ3n) is 6.02. The van der Waals surface area contributed by atoms with Crippen molar-refractivity contribution in [2.45, 2.75) is 26.7 Å². The maximum Gasteiger partial charge on any atom is 0.253 e. The van der Waals surface area contributed by atoms with E-state index in [1.54, 1.807) is 9.80 Å². The summed E-state index contributed by atoms with van der Waals surface area (Å²) in [5.41, 5.74) is 5.79. The second kappa shape index (κ2) is 16.2. The first-order valence-electron chi connectivity index (χ1n) is 12.2. The van der Waals surface area contributed by atoms with Crippen LogP contribution in [-0.2, 0) is 0 Å². The van der Waals surface area contributed by atoms with Crippen molar-refractivity contribution in [2.24, 2.45) is 0 Å². The molecule has 0 saturated carbocycles. The second-order valence-electron chi connectivity index (χ2n) is 8.16. The normalized spacial score (nSPS) is 11.7. The number of carbonyl (C=O) groups is 2. The molecule has 36 heavy (non-hydrogen) atoms. The van der Waals surface area contributed by atoms with Crippen LogP contribution in [0.4, 0.5) is 0 Å². The number of benzene rings is 2. The molecule has 0 aliphatic rings. The Morgan fingerprint density at radius 2 is 0.778 bits per heavy atom. The predicted octanol–water partition coefficient (Wildman–Crippen LogP) is 7.26. The Morgan fingerprint density at radius 3 is 1.00 bits per heavy atom. The van der Waals surface area contributed by atoms with Gasteiger partial charge in [0.15, 0.2) is 0 Å². The van der Waals surface area contributed by atoms with Gasteiger partial charge in [0.2, 0.25) is 0 Å². The van der Waals surface area contributed by atoms with Gasteiger partial charge in [-0.15, -0.1) is 46.4 Å². The summed E-state index contributed by atoms with van der Waals surface area (Å²) in [4.78, 5) is 29.1. The van der Waals surface area contributed by atoms with Crippen LogP contribution in [0.25, 0.3) is 11.1 Å². The highest BCUT2D eigenvalue weighted by molar-refractivity contribution is 6.19. The van der Waals surface area contributed by atoms with E-state index in [1.165, 1.54) is 11.1 Å². The highest BCUT2D eigenvalue weighted by atomic mass is 35.5. The molecule has 4 nitrogen and oxygen atoms in total. The Labute approximate surface area is 235 Å². The van der Waals surface area contributed by atoms with Gasteiger partial charge in [-0.1, -0.05) is 38.1 Å². The third kappa shape index (κ3) is 8.14. The molecular formula is C28H34Cl4N2O2. The maximum absolute atomic E-state index is 12.9. The van der Waals surface area contributed by atoms with Gasteiger partial charge in [0, 0.05) is 60.8 Å². The molecule has 0 heterocycles. The number of nitrogens with zero attached hydrogens (tertiary/aromatic N) is 2. The van der Waals surface area contributed by atoms with Crippen LogP contribution in [0.1, 0.15) is 58.5 Å². The number of hydrogen-bond donors (Lipinski definition) is 0. The number of carbonyl (C=O) groups excluding carboxylic acids is 2. The summed E-state index contributed by atoms with van der Waals surface area (Å²) >= 11 is 23.4. The van der Waals surface area contributed by atoms with E-state index in [0.717, 1.165) is 24.0 Å². The average Bonchev–Trinajstić information content (AvgIpc) is 2.91. The summed E-state index contributed by atoms with van der Waals surface area (Å²) in [5.74, 6) is 1.32. The van der Waals surface area contributed by atoms with Gasteiger partial charge in [0.1, 0.15) is 0 Å². The van der Waals surface area contributed by atoms with Gasteiger partial charge in [-0.25, -0.2) is 0 Å². The van der Waals surface area contributed by atoms with Crippen LogP contribution in [0.2, 0.25) is 0 Å². The van der Waals surface area contributed by atoms with Gasteiger partial charge < -0.3 is 9.80 Å². The molecule has 0 bridgehead atoms. The summed E-state index contributed by atoms with van der Waals surface area (Å²) < 4.78 is 0. The van der Waals surface area contributed by atoms with Gasteiger partial charge in [0.05, 0.1) is 0 Å². The fourth-order valence-electron chi connectivity index (χ4n) is 4.21. The van der Waals surface area contributed by atoms with E-state index in [9.17, 15) is 9.59 Å². The van der Waals surface area contributed by atoms with E-state index in [4.69, 9.17) is 46.4 Å². The van der Waals surface area contributed by atoms with E-state index in [2.05, 4.69) is 13.8 Å². The molecule has 196 valence electrons. The van der Waals surface area contributed by atoms with Crippen molar-refractivity contribution in [1.29, 1.82) is 0 Å². The molecule has 8 heteroatoms. The fraction of sp³-hybridized carbons (Fsp3) is 0.429. The predicted molar refractivity (Wildman–Crippen MR) is 155 cm³/mol. The number of halogens is 4. The molecule has 2 aromatic carbocycles. The molecule has 0 atom stereocenters. The molecule has 2 aromatic rings. The molecule has 0 fully saturated rings. The molecular weight excluding hydrogens is 538 g/mol. The minimum atomic E-state index is -0.0711. The lowest BCUT2D eigenvalue weighted by Crippen LogP contribution is -2.34. The van der Waals surface area contributed by atoms with Crippen LogP contribution in [0.3, 0.4) is 0 Å². The molecule has 0 radical (unpaired) electrons. The van der Waals surface area contributed by atoms with E-state index < -0.39 is 0 Å². The Hall–Kier alpha value is -1.72. The van der Waals surface area contributed by atoms with Crippen LogP contribution in [0, 0.1) is 0 Å². The van der Waals surface area contributed by atoms with Crippen molar-refractivity contribution in [3.05, 3.63) is 70.8 Å². The lowest BCUT2D eigenvalue weighted by atomic mass is 9.90. The Balaban J connectivity index is 2.33. The van der Waals surface area contributed by atoms with Gasteiger partial charge in [-0.3, -0.25) is 9.59 Å². The number of rotatable bonds is 14. The summed E-state index contributed by atoms with van der Waals surface area (Å²) in [6.45, 7) is 6.10. The van der Waals surface area contributed by atoms with Crippen LogP contribution < -0.4 is 0 Å². The first kappa shape index (κ1) is 30.5. The second-order valence-corrected chi connectivity index (χ2v) is 9.67. The molecule has 0 unspecified atom stereocenters. The van der Waals surface area contributed by atoms with Crippen molar-refractivity contribution in [3.63, 3.8) is 0 Å². The number of hydrogen-bond acceptors (Lipinski definition) is 2. The third-order valence-corrected chi connectivity index (χ3v) is 6.70. The van der Waals surface area contributed by atoms with Crippen LogP contribution in [0.5, 0.6) is 0 Å². The van der Waals surface area contributed by atoms with Gasteiger partial charge in [-0.2, -0.15) is 0 Å². The molecule has 2 rings (SSSR count). The summed E-state index contributed by atoms with van der Waals surface area (Å²) in [5, 5.41) is 0. The summed E-state index contributed by atoms with van der Waals surface area (Å²) in [6, 6.07) is 15.4. The number of amides is 2. The van der Waals surface area contributed by atoms with E-state index in [1.807, 2.05) is 48.5 Å². The van der Waals surface area contributed by atoms with Gasteiger partial charge in [-0.05, 0) is 59.4 Å². The summed E-state index contributed by atoms with van der Waals surface area (Å²) in [6.07, 6.45) is 1.67. The highest BCUT2D eigenvalue weighted by Gasteiger charge is 2.17. The maximum atomic E-state index is 12.9. The van der Waals surface area contributed by atoms with Crippen molar-refractivity contribution in [1.82, 2.24) is 9.80 Å². The minimum absolute atomic E-state index is 0.0711. The monoisotopic (exact) mass is 570 g/mol. The number of allylic oxidation sites excluding steroid dienone is 2. The quantitative estimate of drug-likeness (QED) is 0.177. The van der Waals surface area contributed by atoms with Crippen molar-refractivity contribution in [3.8, 4) is 0 Å². The molecule has 0 aliphatic heterocycles. The van der Waals surface area contributed by atoms with Gasteiger partial charge >= 0.3 is 0 Å².